The van der Waals surface area contributed by atoms with Crippen LogP contribution in [0.15, 0.2) is 0 Å². The van der Waals surface area contributed by atoms with Crippen LogP contribution in [0.4, 0.5) is 0 Å². The molecule has 0 radical (unpaired) electrons. The van der Waals surface area contributed by atoms with Crippen LogP contribution in [-0.2, 0) is 37.9 Å². The van der Waals surface area contributed by atoms with Crippen molar-refractivity contribution in [3.05, 3.63) is 0 Å². The lowest BCUT2D eigenvalue weighted by Crippen LogP contribution is -2.70. The molecule has 16 N–H and O–H groups in total. The van der Waals surface area contributed by atoms with Crippen molar-refractivity contribution in [2.24, 2.45) is 46.6 Å². The number of aliphatic hydroxyl groups is 8. The van der Waals surface area contributed by atoms with Gasteiger partial charge in [-0.1, -0.05) is 6.92 Å². The van der Waals surface area contributed by atoms with E-state index in [0.717, 1.165) is 0 Å². The largest absolute Gasteiger partial charge is 0.394 e. The van der Waals surface area contributed by atoms with Crippen molar-refractivity contribution in [1.82, 2.24) is 0 Å². The van der Waals surface area contributed by atoms with E-state index < -0.39 is 133 Å². The molecule has 20 heteroatoms. The molecule has 0 aromatic rings. The normalized spacial score (nSPS) is 48.9. The molecule has 4 saturated heterocycles. The van der Waals surface area contributed by atoms with Gasteiger partial charge >= 0.3 is 0 Å². The van der Waals surface area contributed by atoms with Gasteiger partial charge in [0, 0.05) is 30.8 Å². The first-order valence-corrected chi connectivity index (χ1v) is 20.3. The zero-order valence-electron chi connectivity index (χ0n) is 34.9. The Kier molecular flexibility index (Phi) is 17.7. The van der Waals surface area contributed by atoms with Gasteiger partial charge in [-0.2, -0.15) is 0 Å². The summed E-state index contributed by atoms with van der Waals surface area (Å²) in [6.07, 6.45) is -10.5. The zero-order valence-corrected chi connectivity index (χ0v) is 34.9. The molecule has 4 rings (SSSR count). The average molecular weight is 843 g/mol. The molecule has 4 aliphatic rings. The van der Waals surface area contributed by atoms with E-state index in [1.54, 1.807) is 27.7 Å². The summed E-state index contributed by atoms with van der Waals surface area (Å²) in [6, 6.07) is 0. The predicted octanol–water partition coefficient (Wildman–Crippen LogP) is -5.09. The van der Waals surface area contributed by atoms with Gasteiger partial charge in [-0.3, -0.25) is 0 Å². The first-order chi connectivity index (χ1) is 27.2. The summed E-state index contributed by atoms with van der Waals surface area (Å²) in [5.41, 5.74) is 21.0. The summed E-state index contributed by atoms with van der Waals surface area (Å²) < 4.78 is 47.4. The van der Waals surface area contributed by atoms with Crippen LogP contribution in [0.5, 0.6) is 0 Å². The van der Waals surface area contributed by atoms with Crippen molar-refractivity contribution in [1.29, 1.82) is 0 Å². The van der Waals surface area contributed by atoms with E-state index >= 15 is 0 Å². The number of aliphatic hydroxyl groups excluding tert-OH is 8. The van der Waals surface area contributed by atoms with Crippen LogP contribution in [0.25, 0.3) is 0 Å². The van der Waals surface area contributed by atoms with Gasteiger partial charge in [0.15, 0.2) is 0 Å². The molecule has 0 aromatic carbocycles. The van der Waals surface area contributed by atoms with E-state index in [-0.39, 0.29) is 58.8 Å². The summed E-state index contributed by atoms with van der Waals surface area (Å²) in [5.74, 6) is -2.64. The van der Waals surface area contributed by atoms with Crippen LogP contribution in [0.1, 0.15) is 41.0 Å². The Hall–Kier alpha value is -0.800. The Morgan fingerprint density at radius 2 is 0.672 bits per heavy atom. The van der Waals surface area contributed by atoms with Crippen LogP contribution in [0.2, 0.25) is 0 Å². The highest BCUT2D eigenvalue weighted by molar-refractivity contribution is 5.08. The van der Waals surface area contributed by atoms with Crippen molar-refractivity contribution in [2.75, 3.05) is 79.8 Å². The summed E-state index contributed by atoms with van der Waals surface area (Å²) in [5, 5.41) is 85.5. The molecule has 342 valence electrons. The fourth-order valence-electron chi connectivity index (χ4n) is 9.01. The van der Waals surface area contributed by atoms with Crippen LogP contribution < -0.4 is 22.9 Å². The fraction of sp³-hybridized carbons (Fsp3) is 1.00. The third kappa shape index (κ3) is 10.2. The maximum Gasteiger partial charge on any atom is 0.101 e. The van der Waals surface area contributed by atoms with Gasteiger partial charge in [0.1, 0.15) is 24.4 Å². The summed E-state index contributed by atoms with van der Waals surface area (Å²) in [7, 11) is 1.48. The zero-order chi connectivity index (χ0) is 43.4. The van der Waals surface area contributed by atoms with E-state index in [4.69, 9.17) is 60.8 Å². The number of hydrogen-bond acceptors (Lipinski definition) is 20. The van der Waals surface area contributed by atoms with Crippen LogP contribution in [0, 0.1) is 23.7 Å². The van der Waals surface area contributed by atoms with Crippen molar-refractivity contribution in [2.45, 2.75) is 136 Å². The molecule has 4 aliphatic heterocycles. The molecular weight excluding hydrogens is 768 g/mol. The van der Waals surface area contributed by atoms with Crippen LogP contribution >= 0.6 is 0 Å². The molecule has 0 spiro atoms. The van der Waals surface area contributed by atoms with Crippen molar-refractivity contribution < 1.29 is 78.7 Å². The molecule has 0 bridgehead atoms. The van der Waals surface area contributed by atoms with Gasteiger partial charge in [-0.25, -0.2) is 0 Å². The number of ether oxygens (including phenoxy) is 8. The third-order valence-corrected chi connectivity index (χ3v) is 13.5. The third-order valence-electron chi connectivity index (χ3n) is 13.5. The monoisotopic (exact) mass is 843 g/mol. The molecule has 20 nitrogen and oxygen atoms in total. The van der Waals surface area contributed by atoms with E-state index in [2.05, 4.69) is 0 Å². The molecule has 4 heterocycles. The molecule has 20 unspecified atom stereocenters. The van der Waals surface area contributed by atoms with Crippen molar-refractivity contribution in [3.63, 3.8) is 0 Å². The highest BCUT2D eigenvalue weighted by Gasteiger charge is 2.55. The number of methoxy groups -OCH3 is 1. The number of nitrogens with two attached hydrogens (primary N) is 4. The quantitative estimate of drug-likeness (QED) is 0.0579. The fourth-order valence-corrected chi connectivity index (χ4v) is 9.01. The lowest BCUT2D eigenvalue weighted by Gasteiger charge is -2.51. The first-order valence-electron chi connectivity index (χ1n) is 20.3. The van der Waals surface area contributed by atoms with Gasteiger partial charge in [0.2, 0.25) is 0 Å². The molecule has 0 saturated carbocycles. The molecule has 58 heavy (non-hydrogen) atoms. The highest BCUT2D eigenvalue weighted by Crippen LogP contribution is 2.38. The highest BCUT2D eigenvalue weighted by atomic mass is 16.6. The Morgan fingerprint density at radius 1 is 0.431 bits per heavy atom. The van der Waals surface area contributed by atoms with Gasteiger partial charge in [0.25, 0.3) is 0 Å². The Labute approximate surface area is 341 Å². The van der Waals surface area contributed by atoms with Gasteiger partial charge in [-0.15, -0.1) is 0 Å². The van der Waals surface area contributed by atoms with Crippen molar-refractivity contribution in [3.8, 4) is 0 Å². The van der Waals surface area contributed by atoms with E-state index in [9.17, 15) is 40.9 Å². The minimum Gasteiger partial charge on any atom is -0.394 e. The first kappa shape index (κ1) is 49.9. The number of hydrogen-bond donors (Lipinski definition) is 12. The minimum absolute atomic E-state index is 0.0662. The van der Waals surface area contributed by atoms with Crippen LogP contribution in [-0.4, -0.2) is 216 Å². The van der Waals surface area contributed by atoms with Gasteiger partial charge < -0.3 is 102 Å². The Bertz CT molecular complexity index is 1250. The lowest BCUT2D eigenvalue weighted by molar-refractivity contribution is -0.236. The lowest BCUT2D eigenvalue weighted by atomic mass is 9.75. The second kappa shape index (κ2) is 20.6. The van der Waals surface area contributed by atoms with Gasteiger partial charge in [0.05, 0.1) is 144 Å². The SMILES string of the molecule is CCC1C(CO)OC(COCC2C(CO)OC(COCC3C(CO)OC(COCC4C(CO)OC(COC)C(C)(N)C4O)C(C)(N)C3O)C(C)(N)C2O)C(C)(N)C1O. The predicted molar refractivity (Wildman–Crippen MR) is 206 cm³/mol. The van der Waals surface area contributed by atoms with Crippen molar-refractivity contribution >= 4 is 0 Å². The molecule has 0 aromatic heterocycles. The molecule has 4 fully saturated rings. The second-order valence-electron chi connectivity index (χ2n) is 17.8. The molecule has 20 atom stereocenters. The molecule has 0 amide bonds. The molecule has 0 aliphatic carbocycles. The summed E-state index contributed by atoms with van der Waals surface area (Å²) in [6.45, 7) is 6.15. The van der Waals surface area contributed by atoms with E-state index in [0.29, 0.717) is 6.42 Å². The second-order valence-corrected chi connectivity index (χ2v) is 17.8. The van der Waals surface area contributed by atoms with E-state index in [1.807, 2.05) is 6.92 Å². The maximum atomic E-state index is 11.5. The Balaban J connectivity index is 1.31. The molecular formula is C38H74N4O16. The minimum atomic E-state index is -1.39. The topological polar surface area (TPSA) is 340 Å². The smallest absolute Gasteiger partial charge is 0.101 e. The standard InChI is InChI=1S/C38H74N4O16/c1-7-19-23(8-43)55-28(36(3,40)31(19)47)16-52-13-21-25(10-45)57-30(38(5,42)33(21)49)18-54-14-22-26(11-46)58-29(37(4,41)34(22)50)17-53-12-20-24(9-44)56-27(15-51-6)35(2,39)32(20)48/h19-34,43-50H,7-18,39-42H2,1-6H3. The Morgan fingerprint density at radius 3 is 0.914 bits per heavy atom. The maximum absolute atomic E-state index is 11.5. The average Bonchev–Trinajstić information content (AvgIpc) is 3.17. The number of rotatable bonds is 19. The summed E-state index contributed by atoms with van der Waals surface area (Å²) in [4.78, 5) is 0. The van der Waals surface area contributed by atoms with E-state index in [1.165, 1.54) is 7.11 Å². The van der Waals surface area contributed by atoms with Gasteiger partial charge in [-0.05, 0) is 34.1 Å². The summed E-state index contributed by atoms with van der Waals surface area (Å²) >= 11 is 0. The van der Waals surface area contributed by atoms with Crippen LogP contribution in [0.3, 0.4) is 0 Å².